The van der Waals surface area contributed by atoms with Crippen LogP contribution in [0.1, 0.15) is 37.6 Å². The Morgan fingerprint density at radius 3 is 3.05 bits per heavy atom. The SMILES string of the molecule is CNC1CC(C)(C)Oc2cc(OCc3cscn3)ccc21. The molecular formula is C16H20N2O2S. The first-order chi connectivity index (χ1) is 10.1. The maximum Gasteiger partial charge on any atom is 0.131 e. The van der Waals surface area contributed by atoms with Gasteiger partial charge in [-0.2, -0.15) is 0 Å². The highest BCUT2D eigenvalue weighted by Gasteiger charge is 2.33. The fourth-order valence-electron chi connectivity index (χ4n) is 2.65. The molecule has 112 valence electrons. The molecule has 0 spiro atoms. The molecule has 0 bridgehead atoms. The van der Waals surface area contributed by atoms with Crippen LogP contribution in [0.5, 0.6) is 11.5 Å². The molecule has 0 aliphatic carbocycles. The van der Waals surface area contributed by atoms with Crippen molar-refractivity contribution in [3.63, 3.8) is 0 Å². The third kappa shape index (κ3) is 3.19. The molecule has 0 amide bonds. The van der Waals surface area contributed by atoms with Crippen molar-refractivity contribution in [2.75, 3.05) is 7.05 Å². The molecule has 1 unspecified atom stereocenters. The second-order valence-corrected chi connectivity index (χ2v) is 6.59. The average Bonchev–Trinajstić information content (AvgIpc) is 2.96. The van der Waals surface area contributed by atoms with E-state index in [9.17, 15) is 0 Å². The maximum atomic E-state index is 6.10. The van der Waals surface area contributed by atoms with Gasteiger partial charge in [-0.25, -0.2) is 4.98 Å². The van der Waals surface area contributed by atoms with Crippen molar-refractivity contribution in [1.29, 1.82) is 0 Å². The molecule has 2 aromatic rings. The second kappa shape index (κ2) is 5.66. The zero-order valence-electron chi connectivity index (χ0n) is 12.6. The molecule has 1 aromatic heterocycles. The van der Waals surface area contributed by atoms with Crippen molar-refractivity contribution in [2.24, 2.45) is 0 Å². The summed E-state index contributed by atoms with van der Waals surface area (Å²) >= 11 is 1.58. The predicted octanol–water partition coefficient (Wildman–Crippen LogP) is 3.54. The molecule has 0 radical (unpaired) electrons. The molecular weight excluding hydrogens is 284 g/mol. The lowest BCUT2D eigenvalue weighted by molar-refractivity contribution is 0.0670. The van der Waals surface area contributed by atoms with Gasteiger partial charge >= 0.3 is 0 Å². The van der Waals surface area contributed by atoms with Crippen molar-refractivity contribution in [3.05, 3.63) is 40.3 Å². The van der Waals surface area contributed by atoms with Gasteiger partial charge in [0.15, 0.2) is 0 Å². The number of hydrogen-bond acceptors (Lipinski definition) is 5. The molecule has 0 saturated carbocycles. The van der Waals surface area contributed by atoms with Crippen LogP contribution in [0.4, 0.5) is 0 Å². The number of ether oxygens (including phenoxy) is 2. The van der Waals surface area contributed by atoms with Gasteiger partial charge in [-0.05, 0) is 27.0 Å². The van der Waals surface area contributed by atoms with Crippen molar-refractivity contribution in [1.82, 2.24) is 10.3 Å². The van der Waals surface area contributed by atoms with Crippen molar-refractivity contribution >= 4 is 11.3 Å². The topological polar surface area (TPSA) is 43.4 Å². The van der Waals surface area contributed by atoms with E-state index in [0.29, 0.717) is 12.6 Å². The predicted molar refractivity (Wildman–Crippen MR) is 84.0 cm³/mol. The van der Waals surface area contributed by atoms with E-state index in [-0.39, 0.29) is 5.60 Å². The first kappa shape index (κ1) is 14.4. The molecule has 21 heavy (non-hydrogen) atoms. The maximum absolute atomic E-state index is 6.10. The van der Waals surface area contributed by atoms with Gasteiger partial charge in [0.1, 0.15) is 23.7 Å². The highest BCUT2D eigenvalue weighted by Crippen LogP contribution is 2.41. The Bertz CT molecular complexity index is 611. The Labute approximate surface area is 129 Å². The van der Waals surface area contributed by atoms with Crippen LogP contribution in [0.2, 0.25) is 0 Å². The quantitative estimate of drug-likeness (QED) is 0.938. The third-order valence-corrected chi connectivity index (χ3v) is 4.30. The Morgan fingerprint density at radius 2 is 2.33 bits per heavy atom. The second-order valence-electron chi connectivity index (χ2n) is 5.88. The minimum absolute atomic E-state index is 0.172. The fourth-order valence-corrected chi connectivity index (χ4v) is 3.19. The number of hydrogen-bond donors (Lipinski definition) is 1. The number of fused-ring (bicyclic) bond motifs is 1. The highest BCUT2D eigenvalue weighted by atomic mass is 32.1. The van der Waals surface area contributed by atoms with Crippen molar-refractivity contribution in [2.45, 2.75) is 38.5 Å². The van der Waals surface area contributed by atoms with Crippen LogP contribution in [0.25, 0.3) is 0 Å². The van der Waals surface area contributed by atoms with E-state index >= 15 is 0 Å². The van der Waals surface area contributed by atoms with Crippen LogP contribution in [0.15, 0.2) is 29.1 Å². The zero-order chi connectivity index (χ0) is 14.9. The summed E-state index contributed by atoms with van der Waals surface area (Å²) in [7, 11) is 1.99. The summed E-state index contributed by atoms with van der Waals surface area (Å²) < 4.78 is 11.9. The molecule has 2 heterocycles. The van der Waals surface area contributed by atoms with Gasteiger partial charge < -0.3 is 14.8 Å². The molecule has 1 aliphatic heterocycles. The molecule has 4 nitrogen and oxygen atoms in total. The molecule has 1 atom stereocenters. The Morgan fingerprint density at radius 1 is 1.48 bits per heavy atom. The van der Waals surface area contributed by atoms with E-state index in [1.807, 2.05) is 30.1 Å². The van der Waals surface area contributed by atoms with Gasteiger partial charge in [-0.3, -0.25) is 0 Å². The van der Waals surface area contributed by atoms with E-state index in [0.717, 1.165) is 23.6 Å². The van der Waals surface area contributed by atoms with Gasteiger partial charge in [0.05, 0.1) is 11.2 Å². The molecule has 3 rings (SSSR count). The summed E-state index contributed by atoms with van der Waals surface area (Å²) in [5.74, 6) is 1.72. The summed E-state index contributed by atoms with van der Waals surface area (Å²) in [5, 5.41) is 5.36. The number of aromatic nitrogens is 1. The van der Waals surface area contributed by atoms with Gasteiger partial charge in [0.25, 0.3) is 0 Å². The van der Waals surface area contributed by atoms with Gasteiger partial charge in [0.2, 0.25) is 0 Å². The zero-order valence-corrected chi connectivity index (χ0v) is 13.4. The summed E-state index contributed by atoms with van der Waals surface area (Å²) in [6, 6.07) is 6.38. The molecule has 1 N–H and O–H groups in total. The molecule has 5 heteroatoms. The number of nitrogens with one attached hydrogen (secondary N) is 1. The minimum atomic E-state index is -0.172. The van der Waals surface area contributed by atoms with Crippen molar-refractivity contribution in [3.8, 4) is 11.5 Å². The Balaban J connectivity index is 1.80. The minimum Gasteiger partial charge on any atom is -0.487 e. The monoisotopic (exact) mass is 304 g/mol. The van der Waals surface area contributed by atoms with Crippen LogP contribution in [-0.4, -0.2) is 17.6 Å². The lowest BCUT2D eigenvalue weighted by atomic mass is 9.90. The third-order valence-electron chi connectivity index (χ3n) is 3.66. The van der Waals surface area contributed by atoms with Crippen LogP contribution in [0, 0.1) is 0 Å². The highest BCUT2D eigenvalue weighted by molar-refractivity contribution is 7.07. The van der Waals surface area contributed by atoms with E-state index in [1.54, 1.807) is 11.3 Å². The van der Waals surface area contributed by atoms with E-state index in [2.05, 4.69) is 30.2 Å². The fraction of sp³-hybridized carbons (Fsp3) is 0.438. The smallest absolute Gasteiger partial charge is 0.131 e. The summed E-state index contributed by atoms with van der Waals surface area (Å²) in [5.41, 5.74) is 3.79. The molecule has 1 aliphatic rings. The first-order valence-electron chi connectivity index (χ1n) is 7.07. The van der Waals surface area contributed by atoms with Crippen LogP contribution >= 0.6 is 11.3 Å². The van der Waals surface area contributed by atoms with Crippen LogP contribution < -0.4 is 14.8 Å². The lowest BCUT2D eigenvalue weighted by Gasteiger charge is -2.37. The van der Waals surface area contributed by atoms with E-state index < -0.39 is 0 Å². The van der Waals surface area contributed by atoms with Crippen LogP contribution in [0.3, 0.4) is 0 Å². The Hall–Kier alpha value is -1.59. The largest absolute Gasteiger partial charge is 0.487 e. The lowest BCUT2D eigenvalue weighted by Crippen LogP contribution is -2.38. The standard InChI is InChI=1S/C16H20N2O2S/c1-16(2)7-14(17-3)13-5-4-12(6-15(13)20-16)19-8-11-9-21-10-18-11/h4-6,9-10,14,17H,7-8H2,1-3H3. The van der Waals surface area contributed by atoms with Gasteiger partial charge in [0, 0.05) is 29.5 Å². The Kier molecular flexibility index (Phi) is 3.87. The van der Waals surface area contributed by atoms with E-state index in [1.165, 1.54) is 5.56 Å². The number of benzene rings is 1. The van der Waals surface area contributed by atoms with Gasteiger partial charge in [-0.15, -0.1) is 11.3 Å². The summed E-state index contributed by atoms with van der Waals surface area (Å²) in [6.45, 7) is 4.72. The normalized spacial score (nSPS) is 19.7. The van der Waals surface area contributed by atoms with Crippen molar-refractivity contribution < 1.29 is 9.47 Å². The van der Waals surface area contributed by atoms with Gasteiger partial charge in [-0.1, -0.05) is 6.07 Å². The molecule has 1 aromatic carbocycles. The average molecular weight is 304 g/mol. The van der Waals surface area contributed by atoms with E-state index in [4.69, 9.17) is 9.47 Å². The number of thiazole rings is 1. The first-order valence-corrected chi connectivity index (χ1v) is 8.02. The molecule has 0 saturated heterocycles. The summed E-state index contributed by atoms with van der Waals surface area (Å²) in [4.78, 5) is 4.22. The number of rotatable bonds is 4. The van der Waals surface area contributed by atoms with Crippen LogP contribution in [-0.2, 0) is 6.61 Å². The number of nitrogens with zero attached hydrogens (tertiary/aromatic N) is 1. The molecule has 0 fully saturated rings. The summed E-state index contributed by atoms with van der Waals surface area (Å²) in [6.07, 6.45) is 0.954.